The van der Waals surface area contributed by atoms with Gasteiger partial charge in [-0.1, -0.05) is 50.1 Å². The molecule has 1 fully saturated rings. The van der Waals surface area contributed by atoms with Crippen LogP contribution in [-0.2, 0) is 4.74 Å². The van der Waals surface area contributed by atoms with Crippen molar-refractivity contribution in [1.29, 1.82) is 0 Å². The zero-order valence-corrected chi connectivity index (χ0v) is 11.3. The highest BCUT2D eigenvalue weighted by Crippen LogP contribution is 2.27. The Labute approximate surface area is 106 Å². The van der Waals surface area contributed by atoms with E-state index >= 15 is 0 Å². The van der Waals surface area contributed by atoms with Crippen molar-refractivity contribution in [2.45, 2.75) is 22.4 Å². The maximum atomic E-state index is 5.73. The first-order valence-corrected chi connectivity index (χ1v) is 6.70. The lowest BCUT2D eigenvalue weighted by Crippen LogP contribution is -2.39. The fourth-order valence-corrected chi connectivity index (χ4v) is 3.24. The molecule has 0 aromatic heterocycles. The van der Waals surface area contributed by atoms with Gasteiger partial charge < -0.3 is 9.47 Å². The lowest BCUT2D eigenvalue weighted by Gasteiger charge is -2.30. The van der Waals surface area contributed by atoms with Gasteiger partial charge in [0, 0.05) is 4.83 Å². The number of alkyl halides is 2. The number of rotatable bonds is 2. The minimum absolute atomic E-state index is 0.193. The van der Waals surface area contributed by atoms with Crippen LogP contribution in [0.1, 0.15) is 6.42 Å². The van der Waals surface area contributed by atoms with Crippen molar-refractivity contribution in [2.24, 2.45) is 0 Å². The first kappa shape index (κ1) is 11.4. The molecule has 0 radical (unpaired) electrons. The fraction of sp³-hybridized carbons (Fsp3) is 0.455. The first-order valence-electron chi connectivity index (χ1n) is 4.87. The van der Waals surface area contributed by atoms with Gasteiger partial charge in [0.1, 0.15) is 5.75 Å². The molecule has 1 aliphatic rings. The van der Waals surface area contributed by atoms with Crippen molar-refractivity contribution in [3.63, 3.8) is 0 Å². The van der Waals surface area contributed by atoms with E-state index in [0.29, 0.717) is 11.4 Å². The van der Waals surface area contributed by atoms with Crippen LogP contribution >= 0.6 is 31.9 Å². The Hall–Kier alpha value is -0.0600. The summed E-state index contributed by atoms with van der Waals surface area (Å²) in [6, 6.07) is 9.74. The Balaban J connectivity index is 1.95. The maximum Gasteiger partial charge on any atom is 0.212 e. The maximum absolute atomic E-state index is 5.73. The third-order valence-corrected chi connectivity index (χ3v) is 3.66. The summed E-state index contributed by atoms with van der Waals surface area (Å²) in [5.74, 6) is 0.847. The summed E-state index contributed by atoms with van der Waals surface area (Å²) in [6.45, 7) is 0.694. The van der Waals surface area contributed by atoms with Gasteiger partial charge in [-0.3, -0.25) is 0 Å². The van der Waals surface area contributed by atoms with Gasteiger partial charge in [-0.05, 0) is 18.6 Å². The largest absolute Gasteiger partial charge is 0.464 e. The average Bonchev–Trinajstić information content (AvgIpc) is 2.24. The predicted molar refractivity (Wildman–Crippen MR) is 66.9 cm³/mol. The van der Waals surface area contributed by atoms with Crippen molar-refractivity contribution in [1.82, 2.24) is 0 Å². The summed E-state index contributed by atoms with van der Waals surface area (Å²) in [6.07, 6.45) is 0.818. The molecule has 0 N–H and O–H groups in total. The monoisotopic (exact) mass is 334 g/mol. The van der Waals surface area contributed by atoms with Gasteiger partial charge in [0.05, 0.1) is 11.4 Å². The third-order valence-electron chi connectivity index (χ3n) is 2.21. The van der Waals surface area contributed by atoms with Crippen LogP contribution in [0.5, 0.6) is 5.75 Å². The Morgan fingerprint density at radius 2 is 1.93 bits per heavy atom. The van der Waals surface area contributed by atoms with Crippen molar-refractivity contribution >= 4 is 31.9 Å². The van der Waals surface area contributed by atoms with E-state index in [1.54, 1.807) is 0 Å². The van der Waals surface area contributed by atoms with E-state index in [1.165, 1.54) is 0 Å². The minimum Gasteiger partial charge on any atom is -0.464 e. The molecule has 1 aromatic rings. The van der Waals surface area contributed by atoms with Crippen molar-refractivity contribution in [2.75, 3.05) is 6.61 Å². The van der Waals surface area contributed by atoms with Gasteiger partial charge in [-0.25, -0.2) is 0 Å². The van der Waals surface area contributed by atoms with Gasteiger partial charge in [0.15, 0.2) is 0 Å². The lowest BCUT2D eigenvalue weighted by molar-refractivity contribution is -0.0964. The van der Waals surface area contributed by atoms with E-state index in [2.05, 4.69) is 31.9 Å². The van der Waals surface area contributed by atoms with Gasteiger partial charge in [-0.2, -0.15) is 0 Å². The molecule has 3 unspecified atom stereocenters. The molecule has 4 heteroatoms. The topological polar surface area (TPSA) is 18.5 Å². The van der Waals surface area contributed by atoms with Gasteiger partial charge in [0.2, 0.25) is 6.29 Å². The molecule has 1 heterocycles. The molecule has 3 atom stereocenters. The molecule has 0 spiro atoms. The summed E-state index contributed by atoms with van der Waals surface area (Å²) in [4.78, 5) is 0.647. The molecule has 2 rings (SSSR count). The van der Waals surface area contributed by atoms with E-state index in [-0.39, 0.29) is 11.1 Å². The Morgan fingerprint density at radius 3 is 2.60 bits per heavy atom. The summed E-state index contributed by atoms with van der Waals surface area (Å²) in [5, 5.41) is 0. The van der Waals surface area contributed by atoms with Crippen molar-refractivity contribution in [3.8, 4) is 5.75 Å². The van der Waals surface area contributed by atoms with Crippen LogP contribution in [-0.4, -0.2) is 22.6 Å². The molecule has 1 aromatic carbocycles. The summed E-state index contributed by atoms with van der Waals surface area (Å²) in [5.41, 5.74) is 0. The van der Waals surface area contributed by atoms with Crippen molar-refractivity contribution in [3.05, 3.63) is 30.3 Å². The normalized spacial score (nSPS) is 31.2. The van der Waals surface area contributed by atoms with Crippen LogP contribution in [0.25, 0.3) is 0 Å². The first-order chi connectivity index (χ1) is 7.25. The fourth-order valence-electron chi connectivity index (χ4n) is 1.47. The van der Waals surface area contributed by atoms with Gasteiger partial charge in [-0.15, -0.1) is 0 Å². The minimum atomic E-state index is -0.193. The second-order valence-electron chi connectivity index (χ2n) is 3.48. The second kappa shape index (κ2) is 5.32. The molecule has 0 aliphatic carbocycles. The molecule has 82 valence electrons. The van der Waals surface area contributed by atoms with Gasteiger partial charge >= 0.3 is 0 Å². The Kier molecular flexibility index (Phi) is 4.05. The Morgan fingerprint density at radius 1 is 1.20 bits per heavy atom. The molecular formula is C11H12Br2O2. The van der Waals surface area contributed by atoms with Crippen LogP contribution in [0.2, 0.25) is 0 Å². The smallest absolute Gasteiger partial charge is 0.212 e. The molecule has 0 bridgehead atoms. The van der Waals surface area contributed by atoms with E-state index in [1.807, 2.05) is 30.3 Å². The number of hydrogen-bond acceptors (Lipinski definition) is 2. The summed E-state index contributed by atoms with van der Waals surface area (Å²) in [7, 11) is 0. The highest BCUT2D eigenvalue weighted by molar-refractivity contribution is 9.10. The Bertz CT molecular complexity index is 305. The molecule has 1 aliphatic heterocycles. The standard InChI is InChI=1S/C11H12Br2O2/c12-8-6-10(13)11(14-7-8)15-9-4-2-1-3-5-9/h1-5,8,10-11H,6-7H2. The van der Waals surface area contributed by atoms with Crippen LogP contribution < -0.4 is 4.74 Å². The highest BCUT2D eigenvalue weighted by atomic mass is 79.9. The van der Waals surface area contributed by atoms with Crippen LogP contribution in [0.15, 0.2) is 30.3 Å². The zero-order valence-electron chi connectivity index (χ0n) is 8.11. The molecule has 0 saturated carbocycles. The molecule has 15 heavy (non-hydrogen) atoms. The quantitative estimate of drug-likeness (QED) is 0.772. The van der Waals surface area contributed by atoms with E-state index in [9.17, 15) is 0 Å². The molecular weight excluding hydrogens is 324 g/mol. The van der Waals surface area contributed by atoms with E-state index < -0.39 is 0 Å². The molecule has 0 amide bonds. The van der Waals surface area contributed by atoms with Gasteiger partial charge in [0.25, 0.3) is 0 Å². The lowest BCUT2D eigenvalue weighted by atomic mass is 10.2. The van der Waals surface area contributed by atoms with E-state index in [4.69, 9.17) is 9.47 Å². The molecule has 1 saturated heterocycles. The SMILES string of the molecule is BrC1COC(Oc2ccccc2)C(Br)C1. The summed E-state index contributed by atoms with van der Waals surface area (Å²) < 4.78 is 11.3. The number of benzene rings is 1. The predicted octanol–water partition coefficient (Wildman–Crippen LogP) is 3.34. The van der Waals surface area contributed by atoms with Crippen LogP contribution in [0, 0.1) is 0 Å². The number of ether oxygens (including phenoxy) is 2. The number of para-hydroxylation sites is 1. The second-order valence-corrected chi connectivity index (χ2v) is 5.95. The zero-order chi connectivity index (χ0) is 10.7. The number of halogens is 2. The van der Waals surface area contributed by atoms with Crippen LogP contribution in [0.3, 0.4) is 0 Å². The highest BCUT2D eigenvalue weighted by Gasteiger charge is 2.29. The summed E-state index contributed by atoms with van der Waals surface area (Å²) >= 11 is 7.10. The molecule has 2 nitrogen and oxygen atoms in total. The van der Waals surface area contributed by atoms with E-state index in [0.717, 1.165) is 12.2 Å². The third kappa shape index (κ3) is 3.20. The average molecular weight is 336 g/mol. The van der Waals surface area contributed by atoms with Crippen LogP contribution in [0.4, 0.5) is 0 Å². The van der Waals surface area contributed by atoms with Crippen molar-refractivity contribution < 1.29 is 9.47 Å². The number of hydrogen-bond donors (Lipinski definition) is 0.